The summed E-state index contributed by atoms with van der Waals surface area (Å²) in [6.45, 7) is 1.85. The Bertz CT molecular complexity index is 604. The first-order chi connectivity index (χ1) is 9.11. The first kappa shape index (κ1) is 13.1. The van der Waals surface area contributed by atoms with E-state index in [2.05, 4.69) is 10.3 Å². The lowest BCUT2D eigenvalue weighted by molar-refractivity contribution is -0.137. The fourth-order valence-electron chi connectivity index (χ4n) is 2.03. The van der Waals surface area contributed by atoms with Crippen molar-refractivity contribution in [2.45, 2.75) is 25.8 Å². The van der Waals surface area contributed by atoms with Crippen LogP contribution in [0.25, 0.3) is 10.9 Å². The number of aliphatic carboxylic acids is 1. The van der Waals surface area contributed by atoms with Crippen molar-refractivity contribution in [3.63, 3.8) is 0 Å². The van der Waals surface area contributed by atoms with Crippen LogP contribution in [-0.2, 0) is 4.79 Å². The van der Waals surface area contributed by atoms with Crippen LogP contribution in [0.5, 0.6) is 0 Å². The van der Waals surface area contributed by atoms with Crippen molar-refractivity contribution < 1.29 is 14.7 Å². The maximum Gasteiger partial charge on any atom is 0.305 e. The van der Waals surface area contributed by atoms with E-state index in [1.807, 2.05) is 31.2 Å². The molecule has 1 amide bonds. The first-order valence-corrected chi connectivity index (χ1v) is 6.20. The Kier molecular flexibility index (Phi) is 3.85. The molecule has 0 bridgehead atoms. The number of para-hydroxylation sites is 1. The van der Waals surface area contributed by atoms with Gasteiger partial charge in [0.25, 0.3) is 5.91 Å². The number of fused-ring (bicyclic) bond motifs is 1. The molecule has 0 saturated heterocycles. The minimum Gasteiger partial charge on any atom is -0.481 e. The number of carbonyl (C=O) groups excluding carboxylic acids is 1. The summed E-state index contributed by atoms with van der Waals surface area (Å²) in [7, 11) is 0. The van der Waals surface area contributed by atoms with E-state index in [4.69, 9.17) is 5.11 Å². The first-order valence-electron chi connectivity index (χ1n) is 6.20. The summed E-state index contributed by atoms with van der Waals surface area (Å²) in [4.78, 5) is 25.9. The third-order valence-corrected chi connectivity index (χ3v) is 3.08. The number of hydrogen-bond donors (Lipinski definition) is 3. The highest BCUT2D eigenvalue weighted by Crippen LogP contribution is 2.17. The third kappa shape index (κ3) is 2.93. The third-order valence-electron chi connectivity index (χ3n) is 3.08. The largest absolute Gasteiger partial charge is 0.481 e. The Balaban J connectivity index is 2.17. The molecule has 100 valence electrons. The van der Waals surface area contributed by atoms with Crippen LogP contribution in [0.1, 0.15) is 30.1 Å². The van der Waals surface area contributed by atoms with E-state index in [0.29, 0.717) is 12.0 Å². The van der Waals surface area contributed by atoms with E-state index in [1.54, 1.807) is 6.20 Å². The summed E-state index contributed by atoms with van der Waals surface area (Å²) in [5.41, 5.74) is 1.43. The van der Waals surface area contributed by atoms with E-state index < -0.39 is 5.97 Å². The molecule has 0 aliphatic carbocycles. The van der Waals surface area contributed by atoms with Crippen molar-refractivity contribution in [1.82, 2.24) is 10.3 Å². The lowest BCUT2D eigenvalue weighted by Gasteiger charge is -2.14. The molecular weight excluding hydrogens is 244 g/mol. The number of carboxylic acids is 1. The number of rotatable bonds is 5. The van der Waals surface area contributed by atoms with Gasteiger partial charge in [0.15, 0.2) is 0 Å². The van der Waals surface area contributed by atoms with E-state index in [9.17, 15) is 9.59 Å². The fraction of sp³-hybridized carbons (Fsp3) is 0.286. The molecule has 0 aliphatic heterocycles. The van der Waals surface area contributed by atoms with Crippen LogP contribution in [-0.4, -0.2) is 28.0 Å². The lowest BCUT2D eigenvalue weighted by atomic mass is 10.1. The Morgan fingerprint density at radius 2 is 2.11 bits per heavy atom. The summed E-state index contributed by atoms with van der Waals surface area (Å²) in [6, 6.07) is 7.15. The number of aromatic nitrogens is 1. The second-order valence-corrected chi connectivity index (χ2v) is 4.42. The standard InChI is InChI=1S/C14H16N2O3/c1-2-9(7-13(17)18)16-14(19)11-8-15-12-6-4-3-5-10(11)12/h3-6,8-9,15H,2,7H2,1H3,(H,16,19)(H,17,18). The van der Waals surface area contributed by atoms with E-state index in [0.717, 1.165) is 10.9 Å². The zero-order chi connectivity index (χ0) is 13.8. The molecule has 0 aliphatic rings. The quantitative estimate of drug-likeness (QED) is 0.770. The molecule has 0 spiro atoms. The van der Waals surface area contributed by atoms with Gasteiger partial charge >= 0.3 is 5.97 Å². The van der Waals surface area contributed by atoms with Gasteiger partial charge in [0.1, 0.15) is 0 Å². The summed E-state index contributed by atoms with van der Waals surface area (Å²) in [6.07, 6.45) is 2.17. The van der Waals surface area contributed by atoms with Gasteiger partial charge in [0.2, 0.25) is 0 Å². The predicted octanol–water partition coefficient (Wildman–Crippen LogP) is 2.15. The summed E-state index contributed by atoms with van der Waals surface area (Å²) in [5, 5.41) is 12.4. The highest BCUT2D eigenvalue weighted by molar-refractivity contribution is 6.06. The maximum atomic E-state index is 12.1. The molecule has 1 aromatic carbocycles. The zero-order valence-electron chi connectivity index (χ0n) is 10.6. The molecule has 0 radical (unpaired) electrons. The van der Waals surface area contributed by atoms with E-state index in [-0.39, 0.29) is 18.4 Å². The van der Waals surface area contributed by atoms with Gasteiger partial charge in [-0.05, 0) is 12.5 Å². The number of H-pyrrole nitrogens is 1. The molecule has 1 aromatic heterocycles. The van der Waals surface area contributed by atoms with Crippen molar-refractivity contribution >= 4 is 22.8 Å². The highest BCUT2D eigenvalue weighted by atomic mass is 16.4. The molecule has 1 unspecified atom stereocenters. The van der Waals surface area contributed by atoms with Crippen LogP contribution in [0.15, 0.2) is 30.5 Å². The maximum absolute atomic E-state index is 12.1. The van der Waals surface area contributed by atoms with Gasteiger partial charge < -0.3 is 15.4 Å². The van der Waals surface area contributed by atoms with Gasteiger partial charge in [-0.3, -0.25) is 9.59 Å². The molecule has 3 N–H and O–H groups in total. The van der Waals surface area contributed by atoms with Gasteiger partial charge in [-0.2, -0.15) is 0 Å². The van der Waals surface area contributed by atoms with Gasteiger partial charge in [-0.15, -0.1) is 0 Å². The molecule has 5 nitrogen and oxygen atoms in total. The Morgan fingerprint density at radius 1 is 1.37 bits per heavy atom. The Morgan fingerprint density at radius 3 is 2.79 bits per heavy atom. The number of hydrogen-bond acceptors (Lipinski definition) is 2. The lowest BCUT2D eigenvalue weighted by Crippen LogP contribution is -2.35. The second kappa shape index (κ2) is 5.56. The summed E-state index contributed by atoms with van der Waals surface area (Å²) < 4.78 is 0. The van der Waals surface area contributed by atoms with Crippen LogP contribution in [0.2, 0.25) is 0 Å². The highest BCUT2D eigenvalue weighted by Gasteiger charge is 2.17. The van der Waals surface area contributed by atoms with Crippen molar-refractivity contribution in [1.29, 1.82) is 0 Å². The van der Waals surface area contributed by atoms with Gasteiger partial charge in [-0.1, -0.05) is 25.1 Å². The van der Waals surface area contributed by atoms with Crippen molar-refractivity contribution in [2.75, 3.05) is 0 Å². The number of nitrogens with one attached hydrogen (secondary N) is 2. The molecule has 2 rings (SSSR count). The molecule has 1 atom stereocenters. The minimum absolute atomic E-state index is 0.0649. The SMILES string of the molecule is CCC(CC(=O)O)NC(=O)c1c[nH]c2ccccc12. The number of aromatic amines is 1. The topological polar surface area (TPSA) is 82.2 Å². The van der Waals surface area contributed by atoms with Gasteiger partial charge in [-0.25, -0.2) is 0 Å². The molecule has 19 heavy (non-hydrogen) atoms. The predicted molar refractivity (Wildman–Crippen MR) is 72.1 cm³/mol. The second-order valence-electron chi connectivity index (χ2n) is 4.42. The molecule has 1 heterocycles. The summed E-state index contributed by atoms with van der Waals surface area (Å²) >= 11 is 0. The van der Waals surface area contributed by atoms with Crippen molar-refractivity contribution in [2.24, 2.45) is 0 Å². The zero-order valence-corrected chi connectivity index (χ0v) is 10.6. The average molecular weight is 260 g/mol. The molecule has 0 saturated carbocycles. The number of carboxylic acid groups (broad SMARTS) is 1. The minimum atomic E-state index is -0.911. The molecule has 2 aromatic rings. The van der Waals surface area contributed by atoms with Gasteiger partial charge in [0.05, 0.1) is 12.0 Å². The van der Waals surface area contributed by atoms with Crippen LogP contribution < -0.4 is 5.32 Å². The Hall–Kier alpha value is -2.30. The van der Waals surface area contributed by atoms with Crippen molar-refractivity contribution in [3.05, 3.63) is 36.0 Å². The van der Waals surface area contributed by atoms with E-state index >= 15 is 0 Å². The van der Waals surface area contributed by atoms with Crippen LogP contribution in [0.4, 0.5) is 0 Å². The van der Waals surface area contributed by atoms with Crippen molar-refractivity contribution in [3.8, 4) is 0 Å². The smallest absolute Gasteiger partial charge is 0.305 e. The van der Waals surface area contributed by atoms with E-state index in [1.165, 1.54) is 0 Å². The van der Waals surface area contributed by atoms with Crippen LogP contribution in [0.3, 0.4) is 0 Å². The number of amides is 1. The average Bonchev–Trinajstić information content (AvgIpc) is 2.81. The van der Waals surface area contributed by atoms with Crippen LogP contribution in [0, 0.1) is 0 Å². The summed E-state index contributed by atoms with van der Waals surface area (Å²) in [5.74, 6) is -1.16. The van der Waals surface area contributed by atoms with Crippen LogP contribution >= 0.6 is 0 Å². The molecule has 0 fully saturated rings. The Labute approximate surface area is 110 Å². The molecular formula is C14H16N2O3. The number of carbonyl (C=O) groups is 2. The molecule has 5 heteroatoms. The fourth-order valence-corrected chi connectivity index (χ4v) is 2.03. The normalized spacial score (nSPS) is 12.3. The monoisotopic (exact) mass is 260 g/mol. The van der Waals surface area contributed by atoms with Gasteiger partial charge in [0, 0.05) is 23.1 Å². The number of benzene rings is 1.